The number of nitrogens with one attached hydrogen (secondary N) is 1. The fourth-order valence-electron chi connectivity index (χ4n) is 2.31. The van der Waals surface area contributed by atoms with Crippen molar-refractivity contribution in [3.63, 3.8) is 0 Å². The molecule has 0 radical (unpaired) electrons. The third-order valence-corrected chi connectivity index (χ3v) is 3.17. The zero-order valence-electron chi connectivity index (χ0n) is 9.30. The number of benzene rings is 1. The van der Waals surface area contributed by atoms with E-state index in [0.717, 1.165) is 17.7 Å². The van der Waals surface area contributed by atoms with Gasteiger partial charge in [0.25, 0.3) is 0 Å². The molecule has 2 nitrogen and oxygen atoms in total. The third-order valence-electron chi connectivity index (χ3n) is 3.17. The Hall–Kier alpha value is -1.33. The Bertz CT molecular complexity index is 409. The van der Waals surface area contributed by atoms with Crippen LogP contribution in [0.4, 0.5) is 0 Å². The highest BCUT2D eigenvalue weighted by Gasteiger charge is 2.18. The number of rotatable bonds is 1. The van der Waals surface area contributed by atoms with E-state index >= 15 is 0 Å². The van der Waals surface area contributed by atoms with Crippen LogP contribution in [-0.4, -0.2) is 6.54 Å². The molecule has 1 aromatic rings. The normalized spacial score (nSPS) is 20.2. The van der Waals surface area contributed by atoms with Gasteiger partial charge >= 0.3 is 0 Å². The van der Waals surface area contributed by atoms with Gasteiger partial charge in [-0.2, -0.15) is 5.26 Å². The maximum atomic E-state index is 9.01. The van der Waals surface area contributed by atoms with E-state index in [2.05, 4.69) is 24.4 Å². The van der Waals surface area contributed by atoms with Crippen LogP contribution in [0, 0.1) is 25.2 Å². The standard InChI is InChI=1S/C13H16N2/c1-9-6-10(2)12(7-11(9)8-14)13-4-3-5-15-13/h6-7,13,15H,3-5H2,1-2H3. The first-order valence-corrected chi connectivity index (χ1v) is 5.47. The monoisotopic (exact) mass is 200 g/mol. The van der Waals surface area contributed by atoms with Gasteiger partial charge in [0.05, 0.1) is 11.6 Å². The fourth-order valence-corrected chi connectivity index (χ4v) is 2.31. The smallest absolute Gasteiger partial charge is 0.0994 e. The van der Waals surface area contributed by atoms with Crippen LogP contribution in [-0.2, 0) is 0 Å². The minimum absolute atomic E-state index is 0.456. The Morgan fingerprint density at radius 3 is 2.73 bits per heavy atom. The van der Waals surface area contributed by atoms with Gasteiger partial charge in [-0.15, -0.1) is 0 Å². The Kier molecular flexibility index (Phi) is 2.75. The minimum atomic E-state index is 0.456. The summed E-state index contributed by atoms with van der Waals surface area (Å²) in [6, 6.07) is 6.88. The molecule has 2 heteroatoms. The summed E-state index contributed by atoms with van der Waals surface area (Å²) in [7, 11) is 0. The molecule has 1 aromatic carbocycles. The highest BCUT2D eigenvalue weighted by Crippen LogP contribution is 2.27. The molecule has 0 amide bonds. The number of aryl methyl sites for hydroxylation is 2. The average Bonchev–Trinajstić information content (AvgIpc) is 2.71. The van der Waals surface area contributed by atoms with E-state index in [1.807, 2.05) is 13.0 Å². The molecule has 1 N–H and O–H groups in total. The van der Waals surface area contributed by atoms with E-state index in [9.17, 15) is 0 Å². The Morgan fingerprint density at radius 1 is 1.33 bits per heavy atom. The van der Waals surface area contributed by atoms with Crippen LogP contribution < -0.4 is 5.32 Å². The van der Waals surface area contributed by atoms with Crippen molar-refractivity contribution in [2.75, 3.05) is 6.54 Å². The number of nitriles is 1. The molecule has 0 bridgehead atoms. The zero-order valence-corrected chi connectivity index (χ0v) is 9.30. The number of nitrogens with zero attached hydrogens (tertiary/aromatic N) is 1. The van der Waals surface area contributed by atoms with Crippen LogP contribution in [0.2, 0.25) is 0 Å². The van der Waals surface area contributed by atoms with Crippen molar-refractivity contribution in [2.24, 2.45) is 0 Å². The van der Waals surface area contributed by atoms with Crippen molar-refractivity contribution in [2.45, 2.75) is 32.7 Å². The lowest BCUT2D eigenvalue weighted by Gasteiger charge is -2.15. The van der Waals surface area contributed by atoms with Crippen molar-refractivity contribution >= 4 is 0 Å². The molecule has 1 saturated heterocycles. The Labute approximate surface area is 90.9 Å². The second kappa shape index (κ2) is 4.04. The lowest BCUT2D eigenvalue weighted by molar-refractivity contribution is 0.643. The lowest BCUT2D eigenvalue weighted by atomic mass is 9.95. The summed E-state index contributed by atoms with van der Waals surface area (Å²) in [4.78, 5) is 0. The number of hydrogen-bond acceptors (Lipinski definition) is 2. The van der Waals surface area contributed by atoms with Crippen LogP contribution in [0.3, 0.4) is 0 Å². The quantitative estimate of drug-likeness (QED) is 0.756. The van der Waals surface area contributed by atoms with E-state index in [1.165, 1.54) is 24.0 Å². The first-order chi connectivity index (χ1) is 7.22. The molecule has 0 spiro atoms. The van der Waals surface area contributed by atoms with E-state index < -0.39 is 0 Å². The van der Waals surface area contributed by atoms with Gasteiger partial charge in [-0.05, 0) is 56.0 Å². The predicted octanol–water partition coefficient (Wildman–Crippen LogP) is 2.60. The lowest BCUT2D eigenvalue weighted by Crippen LogP contribution is -2.14. The van der Waals surface area contributed by atoms with Crippen LogP contribution in [0.1, 0.15) is 41.1 Å². The largest absolute Gasteiger partial charge is 0.310 e. The summed E-state index contributed by atoms with van der Waals surface area (Å²) < 4.78 is 0. The predicted molar refractivity (Wildman–Crippen MR) is 60.6 cm³/mol. The van der Waals surface area contributed by atoms with Gasteiger partial charge in [-0.25, -0.2) is 0 Å². The molecule has 0 aliphatic carbocycles. The summed E-state index contributed by atoms with van der Waals surface area (Å²) in [5.41, 5.74) is 4.49. The summed E-state index contributed by atoms with van der Waals surface area (Å²) in [5.74, 6) is 0. The molecular formula is C13H16N2. The Morgan fingerprint density at radius 2 is 2.13 bits per heavy atom. The molecule has 1 heterocycles. The van der Waals surface area contributed by atoms with Crippen LogP contribution in [0.5, 0.6) is 0 Å². The van der Waals surface area contributed by atoms with E-state index in [1.54, 1.807) is 0 Å². The molecule has 0 aromatic heterocycles. The van der Waals surface area contributed by atoms with Crippen molar-refractivity contribution in [3.05, 3.63) is 34.4 Å². The number of hydrogen-bond donors (Lipinski definition) is 1. The van der Waals surface area contributed by atoms with Crippen molar-refractivity contribution < 1.29 is 0 Å². The maximum Gasteiger partial charge on any atom is 0.0994 e. The summed E-state index contributed by atoms with van der Waals surface area (Å²) in [6.07, 6.45) is 2.43. The second-order valence-corrected chi connectivity index (χ2v) is 4.28. The highest BCUT2D eigenvalue weighted by atomic mass is 14.9. The van der Waals surface area contributed by atoms with Crippen molar-refractivity contribution in [1.82, 2.24) is 5.32 Å². The fraction of sp³-hybridized carbons (Fsp3) is 0.462. The molecule has 15 heavy (non-hydrogen) atoms. The topological polar surface area (TPSA) is 35.8 Å². The maximum absolute atomic E-state index is 9.01. The van der Waals surface area contributed by atoms with Gasteiger partial charge in [-0.1, -0.05) is 6.07 Å². The molecule has 1 aliphatic heterocycles. The van der Waals surface area contributed by atoms with Crippen LogP contribution in [0.15, 0.2) is 12.1 Å². The summed E-state index contributed by atoms with van der Waals surface area (Å²) in [6.45, 7) is 5.22. The molecule has 0 saturated carbocycles. The second-order valence-electron chi connectivity index (χ2n) is 4.28. The van der Waals surface area contributed by atoms with Gasteiger partial charge < -0.3 is 5.32 Å². The molecule has 1 atom stereocenters. The van der Waals surface area contributed by atoms with E-state index in [0.29, 0.717) is 6.04 Å². The minimum Gasteiger partial charge on any atom is -0.310 e. The third kappa shape index (κ3) is 1.88. The van der Waals surface area contributed by atoms with Crippen molar-refractivity contribution in [1.29, 1.82) is 5.26 Å². The zero-order chi connectivity index (χ0) is 10.8. The van der Waals surface area contributed by atoms with Crippen molar-refractivity contribution in [3.8, 4) is 6.07 Å². The SMILES string of the molecule is Cc1cc(C)c(C2CCCN2)cc1C#N. The molecule has 1 fully saturated rings. The molecule has 78 valence electrons. The van der Waals surface area contributed by atoms with Gasteiger partial charge in [0.1, 0.15) is 0 Å². The molecule has 2 rings (SSSR count). The van der Waals surface area contributed by atoms with Crippen LogP contribution >= 0.6 is 0 Å². The first kappa shape index (κ1) is 10.2. The van der Waals surface area contributed by atoms with E-state index in [4.69, 9.17) is 5.26 Å². The summed E-state index contributed by atoms with van der Waals surface area (Å²) >= 11 is 0. The summed E-state index contributed by atoms with van der Waals surface area (Å²) in [5, 5.41) is 12.5. The molecule has 1 aliphatic rings. The first-order valence-electron chi connectivity index (χ1n) is 5.47. The highest BCUT2D eigenvalue weighted by molar-refractivity contribution is 5.45. The van der Waals surface area contributed by atoms with Gasteiger partial charge in [0.2, 0.25) is 0 Å². The Balaban J connectivity index is 2.42. The van der Waals surface area contributed by atoms with Gasteiger partial charge in [0, 0.05) is 6.04 Å². The average molecular weight is 200 g/mol. The molecule has 1 unspecified atom stereocenters. The van der Waals surface area contributed by atoms with Crippen LogP contribution in [0.25, 0.3) is 0 Å². The van der Waals surface area contributed by atoms with E-state index in [-0.39, 0.29) is 0 Å². The van der Waals surface area contributed by atoms with Gasteiger partial charge in [0.15, 0.2) is 0 Å². The van der Waals surface area contributed by atoms with Gasteiger partial charge in [-0.3, -0.25) is 0 Å². The molecular weight excluding hydrogens is 184 g/mol.